The summed E-state index contributed by atoms with van der Waals surface area (Å²) < 4.78 is 30.6. The zero-order valence-electron chi connectivity index (χ0n) is 9.76. The molecule has 0 unspecified atom stereocenters. The van der Waals surface area contributed by atoms with Crippen LogP contribution in [0.15, 0.2) is 11.6 Å². The van der Waals surface area contributed by atoms with E-state index in [1.807, 2.05) is 6.92 Å². The fraction of sp³-hybridized carbons (Fsp3) is 0.750. The molecule has 1 aliphatic carbocycles. The molecule has 2 nitrogen and oxygen atoms in total. The molecule has 0 radical (unpaired) electrons. The zero-order valence-corrected chi connectivity index (χ0v) is 9.76. The summed E-state index contributed by atoms with van der Waals surface area (Å²) in [5.74, 6) is -2.79. The molecule has 0 aliphatic heterocycles. The largest absolute Gasteiger partial charge is 0.463 e. The number of rotatable bonds is 3. The van der Waals surface area contributed by atoms with Crippen LogP contribution in [0.5, 0.6) is 0 Å². The normalized spacial score (nSPS) is 21.9. The van der Waals surface area contributed by atoms with Crippen molar-refractivity contribution in [2.75, 3.05) is 6.61 Å². The van der Waals surface area contributed by atoms with Gasteiger partial charge in [0.2, 0.25) is 5.92 Å². The Labute approximate surface area is 94.7 Å². The minimum Gasteiger partial charge on any atom is -0.463 e. The van der Waals surface area contributed by atoms with E-state index >= 15 is 0 Å². The highest BCUT2D eigenvalue weighted by molar-refractivity contribution is 5.82. The van der Waals surface area contributed by atoms with Gasteiger partial charge in [-0.25, -0.2) is 13.6 Å². The molecule has 1 rings (SSSR count). The van der Waals surface area contributed by atoms with Crippen LogP contribution in [0, 0.1) is 5.92 Å². The van der Waals surface area contributed by atoms with E-state index in [2.05, 4.69) is 0 Å². The molecule has 0 bridgehead atoms. The lowest BCUT2D eigenvalue weighted by molar-refractivity contribution is -0.137. The minimum absolute atomic E-state index is 0.0777. The van der Waals surface area contributed by atoms with Gasteiger partial charge in [-0.1, -0.05) is 5.57 Å². The van der Waals surface area contributed by atoms with Gasteiger partial charge in [-0.3, -0.25) is 0 Å². The SMILES string of the molecule is CCOC(=O)/C=C(/C)C1CCC(F)(F)CC1. The van der Waals surface area contributed by atoms with Crippen LogP contribution in [0.2, 0.25) is 0 Å². The van der Waals surface area contributed by atoms with Crippen molar-refractivity contribution in [1.29, 1.82) is 0 Å². The molecule has 0 N–H and O–H groups in total. The summed E-state index contributed by atoms with van der Waals surface area (Å²) in [6.07, 6.45) is 2.18. The summed E-state index contributed by atoms with van der Waals surface area (Å²) in [6.45, 7) is 3.89. The predicted octanol–water partition coefficient (Wildman–Crippen LogP) is 3.32. The monoisotopic (exact) mass is 232 g/mol. The second-order valence-electron chi connectivity index (χ2n) is 4.27. The average molecular weight is 232 g/mol. The van der Waals surface area contributed by atoms with Gasteiger partial charge in [-0.15, -0.1) is 0 Å². The standard InChI is InChI=1S/C12H18F2O2/c1-3-16-11(15)8-9(2)10-4-6-12(13,14)7-5-10/h8,10H,3-7H2,1-2H3/b9-8-. The number of alkyl halides is 2. The number of carbonyl (C=O) groups excluding carboxylic acids is 1. The van der Waals surface area contributed by atoms with E-state index in [4.69, 9.17) is 4.74 Å². The first kappa shape index (κ1) is 13.1. The fourth-order valence-electron chi connectivity index (χ4n) is 1.98. The van der Waals surface area contributed by atoms with Gasteiger partial charge in [0.15, 0.2) is 0 Å². The van der Waals surface area contributed by atoms with E-state index in [-0.39, 0.29) is 24.7 Å². The molecule has 0 spiro atoms. The van der Waals surface area contributed by atoms with Crippen LogP contribution in [-0.4, -0.2) is 18.5 Å². The first-order chi connectivity index (χ1) is 7.44. The van der Waals surface area contributed by atoms with Crippen LogP contribution in [0.25, 0.3) is 0 Å². The van der Waals surface area contributed by atoms with Gasteiger partial charge in [0.1, 0.15) is 0 Å². The topological polar surface area (TPSA) is 26.3 Å². The van der Waals surface area contributed by atoms with E-state index < -0.39 is 5.92 Å². The van der Waals surface area contributed by atoms with E-state index in [0.717, 1.165) is 5.57 Å². The molecule has 0 aromatic rings. The Morgan fingerprint density at radius 2 is 2.00 bits per heavy atom. The van der Waals surface area contributed by atoms with E-state index in [1.54, 1.807) is 6.92 Å². The van der Waals surface area contributed by atoms with Gasteiger partial charge in [0.05, 0.1) is 6.61 Å². The summed E-state index contributed by atoms with van der Waals surface area (Å²) in [6, 6.07) is 0. The Morgan fingerprint density at radius 1 is 1.44 bits per heavy atom. The van der Waals surface area contributed by atoms with Crippen molar-refractivity contribution in [1.82, 2.24) is 0 Å². The Hall–Kier alpha value is -0.930. The summed E-state index contributed by atoms with van der Waals surface area (Å²) in [7, 11) is 0. The van der Waals surface area contributed by atoms with Gasteiger partial charge in [-0.2, -0.15) is 0 Å². The highest BCUT2D eigenvalue weighted by atomic mass is 19.3. The average Bonchev–Trinajstić information content (AvgIpc) is 2.17. The smallest absolute Gasteiger partial charge is 0.330 e. The molecule has 0 aromatic heterocycles. The Bertz CT molecular complexity index is 275. The quantitative estimate of drug-likeness (QED) is 0.551. The Morgan fingerprint density at radius 3 is 2.50 bits per heavy atom. The second kappa shape index (κ2) is 5.41. The van der Waals surface area contributed by atoms with Crippen molar-refractivity contribution >= 4 is 5.97 Å². The molecule has 1 aliphatic rings. The Kier molecular flexibility index (Phi) is 4.44. The number of carbonyl (C=O) groups is 1. The van der Waals surface area contributed by atoms with Crippen molar-refractivity contribution in [3.8, 4) is 0 Å². The maximum Gasteiger partial charge on any atom is 0.330 e. The van der Waals surface area contributed by atoms with Crippen molar-refractivity contribution in [3.05, 3.63) is 11.6 Å². The second-order valence-corrected chi connectivity index (χ2v) is 4.27. The lowest BCUT2D eigenvalue weighted by Crippen LogP contribution is -2.25. The fourth-order valence-corrected chi connectivity index (χ4v) is 1.98. The molecular weight excluding hydrogens is 214 g/mol. The third kappa shape index (κ3) is 3.91. The van der Waals surface area contributed by atoms with E-state index in [1.165, 1.54) is 6.08 Å². The van der Waals surface area contributed by atoms with Gasteiger partial charge < -0.3 is 4.74 Å². The lowest BCUT2D eigenvalue weighted by atomic mass is 9.82. The molecular formula is C12H18F2O2. The highest BCUT2D eigenvalue weighted by Gasteiger charge is 2.35. The number of hydrogen-bond donors (Lipinski definition) is 0. The number of allylic oxidation sites excluding steroid dienone is 1. The minimum atomic E-state index is -2.51. The number of halogens is 2. The maximum absolute atomic E-state index is 12.9. The third-order valence-corrected chi connectivity index (χ3v) is 2.99. The van der Waals surface area contributed by atoms with Gasteiger partial charge in [-0.05, 0) is 32.6 Å². The van der Waals surface area contributed by atoms with Crippen LogP contribution in [-0.2, 0) is 9.53 Å². The Balaban J connectivity index is 2.50. The number of ether oxygens (including phenoxy) is 1. The van der Waals surface area contributed by atoms with Crippen LogP contribution in [0.3, 0.4) is 0 Å². The molecule has 0 aromatic carbocycles. The molecule has 0 heterocycles. The molecule has 4 heteroatoms. The molecule has 0 atom stereocenters. The molecule has 16 heavy (non-hydrogen) atoms. The van der Waals surface area contributed by atoms with E-state index in [9.17, 15) is 13.6 Å². The van der Waals surface area contributed by atoms with E-state index in [0.29, 0.717) is 19.4 Å². The van der Waals surface area contributed by atoms with Crippen molar-refractivity contribution in [2.45, 2.75) is 45.5 Å². The van der Waals surface area contributed by atoms with Crippen LogP contribution in [0.1, 0.15) is 39.5 Å². The van der Waals surface area contributed by atoms with Crippen LogP contribution < -0.4 is 0 Å². The van der Waals surface area contributed by atoms with Crippen molar-refractivity contribution in [2.24, 2.45) is 5.92 Å². The summed E-state index contributed by atoms with van der Waals surface area (Å²) in [5.41, 5.74) is 0.856. The molecule has 92 valence electrons. The summed E-state index contributed by atoms with van der Waals surface area (Å²) >= 11 is 0. The maximum atomic E-state index is 12.9. The van der Waals surface area contributed by atoms with Crippen LogP contribution in [0.4, 0.5) is 8.78 Å². The van der Waals surface area contributed by atoms with Gasteiger partial charge in [0, 0.05) is 18.9 Å². The van der Waals surface area contributed by atoms with Crippen molar-refractivity contribution < 1.29 is 18.3 Å². The summed E-state index contributed by atoms with van der Waals surface area (Å²) in [5, 5.41) is 0. The lowest BCUT2D eigenvalue weighted by Gasteiger charge is -2.28. The number of esters is 1. The molecule has 1 saturated carbocycles. The van der Waals surface area contributed by atoms with Crippen LogP contribution >= 0.6 is 0 Å². The number of hydrogen-bond acceptors (Lipinski definition) is 2. The first-order valence-corrected chi connectivity index (χ1v) is 5.67. The third-order valence-electron chi connectivity index (χ3n) is 2.99. The molecule has 0 saturated heterocycles. The highest BCUT2D eigenvalue weighted by Crippen LogP contribution is 2.38. The van der Waals surface area contributed by atoms with Gasteiger partial charge >= 0.3 is 5.97 Å². The predicted molar refractivity (Wildman–Crippen MR) is 57.3 cm³/mol. The zero-order chi connectivity index (χ0) is 12.2. The molecule has 0 amide bonds. The van der Waals surface area contributed by atoms with Gasteiger partial charge in [0.25, 0.3) is 0 Å². The van der Waals surface area contributed by atoms with Crippen molar-refractivity contribution in [3.63, 3.8) is 0 Å². The molecule has 1 fully saturated rings. The summed E-state index contributed by atoms with van der Waals surface area (Å²) in [4.78, 5) is 11.2. The first-order valence-electron chi connectivity index (χ1n) is 5.67.